The third kappa shape index (κ3) is 5.72. The van der Waals surface area contributed by atoms with Crippen LogP contribution in [0.15, 0.2) is 59.7 Å². The van der Waals surface area contributed by atoms with Gasteiger partial charge in [0.1, 0.15) is 30.9 Å². The highest BCUT2D eigenvalue weighted by Gasteiger charge is 2.27. The fourth-order valence-electron chi connectivity index (χ4n) is 3.52. The molecular weight excluding hydrogens is 486 g/mol. The quantitative estimate of drug-likeness (QED) is 0.177. The number of rotatable bonds is 11. The molecule has 0 saturated carbocycles. The molecule has 0 spiro atoms. The third-order valence-electron chi connectivity index (χ3n) is 5.15. The van der Waals surface area contributed by atoms with Crippen LogP contribution in [0.5, 0.6) is 11.5 Å². The SMILES string of the molecule is CCOc1cc(OCCF)c(F)c(C(Nc2ccc(C(=N)N)cc2)c2nn(-c3ncccn3)c(=O)[nH]2)c1. The van der Waals surface area contributed by atoms with Gasteiger partial charge in [-0.05, 0) is 43.3 Å². The molecule has 1 unspecified atom stereocenters. The minimum Gasteiger partial charge on any atom is -0.494 e. The number of hydrogen-bond donors (Lipinski definition) is 4. The summed E-state index contributed by atoms with van der Waals surface area (Å²) in [6.07, 6.45) is 2.91. The van der Waals surface area contributed by atoms with E-state index in [0.29, 0.717) is 11.3 Å². The molecule has 0 fully saturated rings. The van der Waals surface area contributed by atoms with Gasteiger partial charge in [-0.25, -0.2) is 23.5 Å². The molecule has 37 heavy (non-hydrogen) atoms. The lowest BCUT2D eigenvalue weighted by atomic mass is 10.0. The predicted octanol–water partition coefficient (Wildman–Crippen LogP) is 2.72. The largest absolute Gasteiger partial charge is 0.494 e. The van der Waals surface area contributed by atoms with Crippen molar-refractivity contribution in [2.75, 3.05) is 25.2 Å². The first-order valence-corrected chi connectivity index (χ1v) is 11.2. The van der Waals surface area contributed by atoms with Crippen molar-refractivity contribution in [1.29, 1.82) is 5.41 Å². The van der Waals surface area contributed by atoms with Crippen LogP contribution in [0.4, 0.5) is 14.5 Å². The molecule has 2 aromatic carbocycles. The molecule has 13 heteroatoms. The number of anilines is 1. The molecule has 192 valence electrons. The Morgan fingerprint density at radius 1 is 1.22 bits per heavy atom. The number of alkyl halides is 1. The van der Waals surface area contributed by atoms with Gasteiger partial charge in [0.2, 0.25) is 0 Å². The summed E-state index contributed by atoms with van der Waals surface area (Å²) < 4.78 is 40.3. The number of hydrogen-bond acceptors (Lipinski definition) is 8. The molecule has 1 atom stereocenters. The Balaban J connectivity index is 1.84. The van der Waals surface area contributed by atoms with E-state index in [-0.39, 0.29) is 47.9 Å². The number of nitrogens with one attached hydrogen (secondary N) is 3. The summed E-state index contributed by atoms with van der Waals surface area (Å²) in [5.41, 5.74) is 5.91. The standard InChI is InChI=1S/C24H24F2N8O3/c1-2-36-16-12-17(19(26)18(13-16)37-11-8-25)20(31-15-6-4-14(5-7-15)21(27)28)22-32-24(35)34(33-22)23-29-9-3-10-30-23/h3-7,9-10,12-13,20,31H,2,8,11H2,1H3,(H3,27,28)(H,32,33,35). The van der Waals surface area contributed by atoms with Crippen LogP contribution in [0.25, 0.3) is 5.95 Å². The van der Waals surface area contributed by atoms with E-state index in [1.807, 2.05) is 0 Å². The van der Waals surface area contributed by atoms with Gasteiger partial charge in [0.25, 0.3) is 5.95 Å². The fraction of sp³-hybridized carbons (Fsp3) is 0.208. The maximum Gasteiger partial charge on any atom is 0.350 e. The Hall–Kier alpha value is -4.81. The van der Waals surface area contributed by atoms with Crippen molar-refractivity contribution in [3.05, 3.63) is 88.1 Å². The lowest BCUT2D eigenvalue weighted by Crippen LogP contribution is -2.18. The van der Waals surface area contributed by atoms with Crippen LogP contribution in [-0.4, -0.2) is 50.5 Å². The van der Waals surface area contributed by atoms with Crippen LogP contribution in [0, 0.1) is 11.2 Å². The molecule has 0 aliphatic carbocycles. The highest BCUT2D eigenvalue weighted by atomic mass is 19.1. The van der Waals surface area contributed by atoms with Gasteiger partial charge in [-0.15, -0.1) is 9.78 Å². The van der Waals surface area contributed by atoms with Crippen LogP contribution >= 0.6 is 0 Å². The van der Waals surface area contributed by atoms with E-state index in [2.05, 4.69) is 25.4 Å². The number of nitrogens with two attached hydrogens (primary N) is 1. The van der Waals surface area contributed by atoms with Crippen LogP contribution in [0.2, 0.25) is 0 Å². The highest BCUT2D eigenvalue weighted by molar-refractivity contribution is 5.95. The summed E-state index contributed by atoms with van der Waals surface area (Å²) in [7, 11) is 0. The minimum absolute atomic E-state index is 0.0188. The van der Waals surface area contributed by atoms with E-state index in [1.165, 1.54) is 24.5 Å². The maximum atomic E-state index is 15.7. The predicted molar refractivity (Wildman–Crippen MR) is 132 cm³/mol. The van der Waals surface area contributed by atoms with Gasteiger partial charge in [0, 0.05) is 35.3 Å². The number of ether oxygens (including phenoxy) is 2. The fourth-order valence-corrected chi connectivity index (χ4v) is 3.52. The number of benzene rings is 2. The van der Waals surface area contributed by atoms with Gasteiger partial charge in [-0.3, -0.25) is 10.4 Å². The molecule has 0 aliphatic rings. The molecule has 5 N–H and O–H groups in total. The minimum atomic E-state index is -1.06. The van der Waals surface area contributed by atoms with Gasteiger partial charge in [-0.2, -0.15) is 0 Å². The van der Waals surface area contributed by atoms with Crippen LogP contribution in [-0.2, 0) is 0 Å². The van der Waals surface area contributed by atoms with Crippen molar-refractivity contribution in [2.24, 2.45) is 5.73 Å². The molecule has 0 saturated heterocycles. The second-order valence-electron chi connectivity index (χ2n) is 7.64. The number of halogens is 2. The van der Waals surface area contributed by atoms with Gasteiger partial charge >= 0.3 is 5.69 Å². The first-order chi connectivity index (χ1) is 17.9. The lowest BCUT2D eigenvalue weighted by molar-refractivity contribution is 0.258. The molecule has 4 aromatic rings. The van der Waals surface area contributed by atoms with Crippen molar-refractivity contribution in [3.8, 4) is 17.4 Å². The van der Waals surface area contributed by atoms with E-state index in [4.69, 9.17) is 20.6 Å². The molecule has 0 radical (unpaired) electrons. The van der Waals surface area contributed by atoms with Crippen LogP contribution in [0.3, 0.4) is 0 Å². The zero-order valence-electron chi connectivity index (χ0n) is 19.7. The van der Waals surface area contributed by atoms with E-state index < -0.39 is 24.2 Å². The van der Waals surface area contributed by atoms with Gasteiger partial charge < -0.3 is 20.5 Å². The average Bonchev–Trinajstić information content (AvgIpc) is 3.29. The van der Waals surface area contributed by atoms with E-state index in [1.54, 1.807) is 37.3 Å². The first-order valence-electron chi connectivity index (χ1n) is 11.2. The lowest BCUT2D eigenvalue weighted by Gasteiger charge is -2.21. The van der Waals surface area contributed by atoms with E-state index in [9.17, 15) is 9.18 Å². The number of amidine groups is 1. The van der Waals surface area contributed by atoms with Crippen LogP contribution in [0.1, 0.15) is 29.9 Å². The van der Waals surface area contributed by atoms with Gasteiger partial charge in [0.05, 0.1) is 6.61 Å². The second-order valence-corrected chi connectivity index (χ2v) is 7.64. The Morgan fingerprint density at radius 2 is 1.95 bits per heavy atom. The maximum absolute atomic E-state index is 15.7. The third-order valence-corrected chi connectivity index (χ3v) is 5.15. The zero-order chi connectivity index (χ0) is 26.4. The summed E-state index contributed by atoms with van der Waals surface area (Å²) in [6, 6.07) is 9.81. The monoisotopic (exact) mass is 510 g/mol. The molecule has 0 bridgehead atoms. The van der Waals surface area contributed by atoms with E-state index in [0.717, 1.165) is 4.68 Å². The van der Waals surface area contributed by atoms with Crippen molar-refractivity contribution in [2.45, 2.75) is 13.0 Å². The molecule has 2 heterocycles. The Labute approximate surface area is 209 Å². The van der Waals surface area contributed by atoms with E-state index >= 15 is 4.39 Å². The number of nitrogen functional groups attached to an aromatic ring is 1. The summed E-state index contributed by atoms with van der Waals surface area (Å²) in [5, 5.41) is 15.0. The smallest absolute Gasteiger partial charge is 0.350 e. The highest BCUT2D eigenvalue weighted by Crippen LogP contribution is 2.35. The topological polar surface area (TPSA) is 157 Å². The normalized spacial score (nSPS) is 11.6. The first kappa shape index (κ1) is 25.3. The Bertz CT molecular complexity index is 1420. The summed E-state index contributed by atoms with van der Waals surface area (Å²) in [4.78, 5) is 23.4. The molecule has 0 amide bonds. The summed E-state index contributed by atoms with van der Waals surface area (Å²) in [5.74, 6) is -0.780. The van der Waals surface area contributed by atoms with Crippen molar-refractivity contribution in [3.63, 3.8) is 0 Å². The number of aromatic nitrogens is 5. The average molecular weight is 511 g/mol. The zero-order valence-corrected chi connectivity index (χ0v) is 19.7. The van der Waals surface area contributed by atoms with Crippen molar-refractivity contribution >= 4 is 11.5 Å². The molecule has 11 nitrogen and oxygen atoms in total. The summed E-state index contributed by atoms with van der Waals surface area (Å²) >= 11 is 0. The number of nitrogens with zero attached hydrogens (tertiary/aromatic N) is 4. The van der Waals surface area contributed by atoms with Crippen molar-refractivity contribution < 1.29 is 18.3 Å². The molecule has 2 aromatic heterocycles. The Morgan fingerprint density at radius 3 is 2.59 bits per heavy atom. The van der Waals surface area contributed by atoms with Crippen molar-refractivity contribution in [1.82, 2.24) is 24.7 Å². The Kier molecular flexibility index (Phi) is 7.71. The number of H-pyrrole nitrogens is 1. The summed E-state index contributed by atoms with van der Waals surface area (Å²) in [6.45, 7) is 0.880. The van der Waals surface area contributed by atoms with Gasteiger partial charge in [0.15, 0.2) is 17.4 Å². The molecule has 0 aliphatic heterocycles. The van der Waals surface area contributed by atoms with Gasteiger partial charge in [-0.1, -0.05) is 0 Å². The number of aromatic amines is 1. The van der Waals surface area contributed by atoms with Crippen LogP contribution < -0.4 is 26.2 Å². The molecular formula is C24H24F2N8O3. The molecule has 4 rings (SSSR count). The second kappa shape index (κ2) is 11.3.